The van der Waals surface area contributed by atoms with Crippen molar-refractivity contribution in [3.63, 3.8) is 0 Å². The number of aromatic nitrogens is 4. The number of rotatable bonds is 5. The first kappa shape index (κ1) is 19.1. The second kappa shape index (κ2) is 7.72. The molecule has 0 saturated heterocycles. The number of fused-ring (bicyclic) bond motifs is 3. The smallest absolute Gasteiger partial charge is 0.274 e. The highest BCUT2D eigenvalue weighted by atomic mass is 16.1. The van der Waals surface area contributed by atoms with Gasteiger partial charge in [-0.05, 0) is 43.5 Å². The number of carbonyl (C=O) groups excluding carboxylic acids is 1. The van der Waals surface area contributed by atoms with Crippen molar-refractivity contribution >= 4 is 33.4 Å². The summed E-state index contributed by atoms with van der Waals surface area (Å²) in [4.78, 5) is 28.9. The molecule has 0 aliphatic heterocycles. The molecule has 3 heterocycles. The third-order valence-corrected chi connectivity index (χ3v) is 5.68. The molecule has 0 atom stereocenters. The summed E-state index contributed by atoms with van der Waals surface area (Å²) in [5.74, 6) is 0.695. The van der Waals surface area contributed by atoms with E-state index in [9.17, 15) is 4.79 Å². The molecule has 6 nitrogen and oxygen atoms in total. The molecule has 154 valence electrons. The molecule has 31 heavy (non-hydrogen) atoms. The largest absolute Gasteiger partial charge is 0.353 e. The van der Waals surface area contributed by atoms with Gasteiger partial charge in [0.1, 0.15) is 11.5 Å². The molecule has 0 spiro atoms. The molecular formula is C25H23N5O. The Bertz CT molecular complexity index is 1380. The normalized spacial score (nSPS) is 11.3. The Labute approximate surface area is 179 Å². The predicted octanol–water partition coefficient (Wildman–Crippen LogP) is 5.09. The summed E-state index contributed by atoms with van der Waals surface area (Å²) in [6.07, 6.45) is 4.94. The van der Waals surface area contributed by atoms with E-state index < -0.39 is 0 Å². The topological polar surface area (TPSA) is 86.5 Å². The lowest BCUT2D eigenvalue weighted by molar-refractivity contribution is 0.102. The molecule has 0 aliphatic rings. The lowest BCUT2D eigenvalue weighted by Gasteiger charge is -2.12. The van der Waals surface area contributed by atoms with Crippen molar-refractivity contribution in [3.05, 3.63) is 89.3 Å². The van der Waals surface area contributed by atoms with Crippen molar-refractivity contribution in [2.45, 2.75) is 26.7 Å². The first-order chi connectivity index (χ1) is 15.1. The maximum Gasteiger partial charge on any atom is 0.274 e. The molecule has 6 heteroatoms. The van der Waals surface area contributed by atoms with Gasteiger partial charge >= 0.3 is 0 Å². The van der Waals surface area contributed by atoms with Crippen LogP contribution in [-0.4, -0.2) is 25.8 Å². The van der Waals surface area contributed by atoms with E-state index in [4.69, 9.17) is 4.98 Å². The Balaban J connectivity index is 1.58. The third kappa shape index (κ3) is 3.57. The van der Waals surface area contributed by atoms with E-state index in [-0.39, 0.29) is 5.91 Å². The van der Waals surface area contributed by atoms with Crippen LogP contribution in [0.1, 0.15) is 33.1 Å². The standard InChI is InChI=1S/C25H23N5O/c1-15-6-5-7-16(2)23(15)30-25(31)21-14-18-17-8-3-4-9-19(17)29-24(18)20(28-21)10-11-22-26-12-13-27-22/h3-9,12-14,29H,10-11H2,1-2H3,(H,26,27)(H,30,31). The average Bonchev–Trinajstić information content (AvgIpc) is 3.42. The van der Waals surface area contributed by atoms with Gasteiger partial charge in [0.25, 0.3) is 5.91 Å². The number of benzene rings is 2. The molecule has 5 rings (SSSR count). The molecule has 3 aromatic heterocycles. The minimum atomic E-state index is -0.205. The summed E-state index contributed by atoms with van der Waals surface area (Å²) in [6.45, 7) is 3.99. The zero-order valence-corrected chi connectivity index (χ0v) is 17.5. The number of anilines is 1. The minimum Gasteiger partial charge on any atom is -0.353 e. The predicted molar refractivity (Wildman–Crippen MR) is 123 cm³/mol. The summed E-state index contributed by atoms with van der Waals surface area (Å²) in [5.41, 5.74) is 6.16. The summed E-state index contributed by atoms with van der Waals surface area (Å²) in [7, 11) is 0. The number of aromatic amines is 2. The molecule has 1 amide bonds. The first-order valence-corrected chi connectivity index (χ1v) is 10.4. The Kier molecular flexibility index (Phi) is 4.75. The van der Waals surface area contributed by atoms with E-state index in [0.717, 1.165) is 50.1 Å². The van der Waals surface area contributed by atoms with Crippen LogP contribution >= 0.6 is 0 Å². The summed E-state index contributed by atoms with van der Waals surface area (Å²) >= 11 is 0. The Hall–Kier alpha value is -3.93. The number of nitrogens with zero attached hydrogens (tertiary/aromatic N) is 2. The number of imidazole rings is 1. The Morgan fingerprint density at radius 2 is 1.81 bits per heavy atom. The number of H-pyrrole nitrogens is 2. The maximum atomic E-state index is 13.2. The van der Waals surface area contributed by atoms with E-state index >= 15 is 0 Å². The average molecular weight is 409 g/mol. The van der Waals surface area contributed by atoms with Crippen LogP contribution in [0.5, 0.6) is 0 Å². The van der Waals surface area contributed by atoms with Crippen LogP contribution in [0.4, 0.5) is 5.69 Å². The fourth-order valence-electron chi connectivity index (χ4n) is 4.07. The van der Waals surface area contributed by atoms with Crippen molar-refractivity contribution in [2.24, 2.45) is 0 Å². The van der Waals surface area contributed by atoms with Crippen LogP contribution in [-0.2, 0) is 12.8 Å². The van der Waals surface area contributed by atoms with Crippen LogP contribution < -0.4 is 5.32 Å². The molecular weight excluding hydrogens is 386 g/mol. The lowest BCUT2D eigenvalue weighted by atomic mass is 10.1. The maximum absolute atomic E-state index is 13.2. The van der Waals surface area contributed by atoms with Gasteiger partial charge in [0.15, 0.2) is 0 Å². The zero-order valence-electron chi connectivity index (χ0n) is 17.5. The molecule has 2 aromatic carbocycles. The van der Waals surface area contributed by atoms with Crippen molar-refractivity contribution in [1.29, 1.82) is 0 Å². The molecule has 0 aliphatic carbocycles. The molecule has 0 unspecified atom stereocenters. The van der Waals surface area contributed by atoms with Crippen LogP contribution in [0.25, 0.3) is 21.8 Å². The van der Waals surface area contributed by atoms with Crippen molar-refractivity contribution < 1.29 is 4.79 Å². The molecule has 5 aromatic rings. The fourth-order valence-corrected chi connectivity index (χ4v) is 4.07. The minimum absolute atomic E-state index is 0.205. The highest BCUT2D eigenvalue weighted by Gasteiger charge is 2.17. The number of hydrogen-bond donors (Lipinski definition) is 3. The second-order valence-electron chi connectivity index (χ2n) is 7.80. The first-order valence-electron chi connectivity index (χ1n) is 10.4. The van der Waals surface area contributed by atoms with E-state index in [1.54, 1.807) is 6.20 Å². The number of hydrogen-bond acceptors (Lipinski definition) is 3. The highest BCUT2D eigenvalue weighted by molar-refractivity contribution is 6.12. The number of para-hydroxylation sites is 2. The van der Waals surface area contributed by atoms with Crippen molar-refractivity contribution in [1.82, 2.24) is 19.9 Å². The monoisotopic (exact) mass is 409 g/mol. The van der Waals surface area contributed by atoms with Crippen LogP contribution in [0.3, 0.4) is 0 Å². The summed E-state index contributed by atoms with van der Waals surface area (Å²) in [6, 6.07) is 16.0. The van der Waals surface area contributed by atoms with Crippen LogP contribution in [0.15, 0.2) is 60.9 Å². The van der Waals surface area contributed by atoms with E-state index in [1.165, 1.54) is 0 Å². The summed E-state index contributed by atoms with van der Waals surface area (Å²) < 4.78 is 0. The van der Waals surface area contributed by atoms with Crippen LogP contribution in [0.2, 0.25) is 0 Å². The summed E-state index contributed by atoms with van der Waals surface area (Å²) in [5, 5.41) is 5.16. The quantitative estimate of drug-likeness (QED) is 0.378. The van der Waals surface area contributed by atoms with Gasteiger partial charge in [0.2, 0.25) is 0 Å². The van der Waals surface area contributed by atoms with Gasteiger partial charge in [-0.3, -0.25) is 4.79 Å². The third-order valence-electron chi connectivity index (χ3n) is 5.68. The molecule has 0 bridgehead atoms. The molecule has 3 N–H and O–H groups in total. The number of pyridine rings is 1. The second-order valence-corrected chi connectivity index (χ2v) is 7.80. The van der Waals surface area contributed by atoms with Gasteiger partial charge in [-0.2, -0.15) is 0 Å². The van der Waals surface area contributed by atoms with Crippen LogP contribution in [0, 0.1) is 13.8 Å². The van der Waals surface area contributed by atoms with Gasteiger partial charge in [0.05, 0.1) is 11.2 Å². The fraction of sp³-hybridized carbons (Fsp3) is 0.160. The van der Waals surface area contributed by atoms with Gasteiger partial charge in [-0.15, -0.1) is 0 Å². The SMILES string of the molecule is Cc1cccc(C)c1NC(=O)c1cc2c([nH]c3ccccc32)c(CCc2ncc[nH]2)n1. The van der Waals surface area contributed by atoms with E-state index in [2.05, 4.69) is 26.3 Å². The zero-order chi connectivity index (χ0) is 21.4. The van der Waals surface area contributed by atoms with E-state index in [1.807, 2.05) is 62.5 Å². The number of aryl methyl sites for hydroxylation is 4. The Morgan fingerprint density at radius 1 is 1.00 bits per heavy atom. The van der Waals surface area contributed by atoms with Gasteiger partial charge in [-0.1, -0.05) is 36.4 Å². The number of amides is 1. The Morgan fingerprint density at radius 3 is 2.58 bits per heavy atom. The number of carbonyl (C=O) groups is 1. The highest BCUT2D eigenvalue weighted by Crippen LogP contribution is 2.29. The van der Waals surface area contributed by atoms with E-state index in [0.29, 0.717) is 18.5 Å². The van der Waals surface area contributed by atoms with Crippen molar-refractivity contribution in [3.8, 4) is 0 Å². The van der Waals surface area contributed by atoms with Gasteiger partial charge < -0.3 is 15.3 Å². The molecule has 0 saturated carbocycles. The lowest BCUT2D eigenvalue weighted by Crippen LogP contribution is -2.16. The molecule has 0 fully saturated rings. The van der Waals surface area contributed by atoms with Gasteiger partial charge in [-0.25, -0.2) is 9.97 Å². The molecule has 0 radical (unpaired) electrons. The number of nitrogens with one attached hydrogen (secondary N) is 3. The van der Waals surface area contributed by atoms with Gasteiger partial charge in [0, 0.05) is 40.8 Å². The van der Waals surface area contributed by atoms with Crippen molar-refractivity contribution in [2.75, 3.05) is 5.32 Å².